The number of rotatable bonds is 5. The molecule has 0 saturated carbocycles. The maximum absolute atomic E-state index is 12.5. The van der Waals surface area contributed by atoms with Gasteiger partial charge in [0.2, 0.25) is 0 Å². The Hall–Kier alpha value is -2.96. The number of aromatic nitrogens is 1. The minimum atomic E-state index is -0.507. The Labute approximate surface area is 155 Å². The molecule has 0 saturated heterocycles. The van der Waals surface area contributed by atoms with Gasteiger partial charge in [-0.1, -0.05) is 21.9 Å². The topological polar surface area (TPSA) is 67.0 Å². The number of halogens is 1. The number of hydrogen-bond acceptors (Lipinski definition) is 3. The highest BCUT2D eigenvalue weighted by atomic mass is 79.9. The van der Waals surface area contributed by atoms with Gasteiger partial charge >= 0.3 is 0 Å². The molecule has 6 heteroatoms. The summed E-state index contributed by atoms with van der Waals surface area (Å²) >= 11 is 3.37. The van der Waals surface area contributed by atoms with Crippen molar-refractivity contribution in [3.63, 3.8) is 0 Å². The smallest absolute Gasteiger partial charge is 0.280 e. The van der Waals surface area contributed by atoms with Gasteiger partial charge in [-0.3, -0.25) is 14.9 Å². The van der Waals surface area contributed by atoms with Crippen molar-refractivity contribution in [1.82, 2.24) is 4.68 Å². The van der Waals surface area contributed by atoms with E-state index >= 15 is 0 Å². The van der Waals surface area contributed by atoms with Gasteiger partial charge < -0.3 is 4.74 Å². The van der Waals surface area contributed by atoms with Crippen LogP contribution in [0, 0.1) is 37.5 Å². The Balaban J connectivity index is 2.34. The highest BCUT2D eigenvalue weighted by molar-refractivity contribution is 9.10. The second-order valence-electron chi connectivity index (χ2n) is 5.24. The lowest BCUT2D eigenvalue weighted by Crippen LogP contribution is -2.25. The summed E-state index contributed by atoms with van der Waals surface area (Å²) in [5, 5.41) is 9.39. The van der Waals surface area contributed by atoms with E-state index in [1.165, 1.54) is 6.08 Å². The Morgan fingerprint density at radius 2 is 2.04 bits per heavy atom. The SMILES string of the molecule is C#CCOc1ccc(Br)cc1/C=C(/C#N)C(=O)Nn1c(C)ccc1C. The van der Waals surface area contributed by atoms with E-state index in [1.807, 2.05) is 32.0 Å². The highest BCUT2D eigenvalue weighted by Crippen LogP contribution is 2.25. The molecule has 0 aliphatic heterocycles. The highest BCUT2D eigenvalue weighted by Gasteiger charge is 2.13. The van der Waals surface area contributed by atoms with Gasteiger partial charge in [0, 0.05) is 21.4 Å². The molecule has 0 bridgehead atoms. The molecule has 0 atom stereocenters. The van der Waals surface area contributed by atoms with Gasteiger partial charge in [0.15, 0.2) is 0 Å². The average molecular weight is 398 g/mol. The number of benzene rings is 1. The predicted octanol–water partition coefficient (Wildman–Crippen LogP) is 3.56. The molecule has 1 N–H and O–H groups in total. The lowest BCUT2D eigenvalue weighted by atomic mass is 10.1. The Kier molecular flexibility index (Phi) is 6.05. The van der Waals surface area contributed by atoms with E-state index in [0.717, 1.165) is 15.9 Å². The fourth-order valence-electron chi connectivity index (χ4n) is 2.19. The number of terminal acetylenes is 1. The summed E-state index contributed by atoms with van der Waals surface area (Å²) in [6.07, 6.45) is 6.69. The molecule has 1 aromatic heterocycles. The summed E-state index contributed by atoms with van der Waals surface area (Å²) in [5.41, 5.74) is 4.97. The monoisotopic (exact) mass is 397 g/mol. The van der Waals surface area contributed by atoms with Gasteiger partial charge in [0.25, 0.3) is 5.91 Å². The van der Waals surface area contributed by atoms with Gasteiger partial charge in [-0.05, 0) is 50.3 Å². The van der Waals surface area contributed by atoms with Crippen LogP contribution in [0.4, 0.5) is 0 Å². The largest absolute Gasteiger partial charge is 0.480 e. The number of nitrogens with zero attached hydrogens (tertiary/aromatic N) is 2. The van der Waals surface area contributed by atoms with E-state index < -0.39 is 5.91 Å². The van der Waals surface area contributed by atoms with E-state index in [9.17, 15) is 10.1 Å². The van der Waals surface area contributed by atoms with Crippen molar-refractivity contribution in [3.8, 4) is 24.2 Å². The van der Waals surface area contributed by atoms with Crippen molar-refractivity contribution in [1.29, 1.82) is 5.26 Å². The first-order valence-electron chi connectivity index (χ1n) is 7.40. The number of aryl methyl sites for hydroxylation is 2. The number of amides is 1. The molecule has 1 aromatic carbocycles. The molecule has 2 aromatic rings. The predicted molar refractivity (Wildman–Crippen MR) is 100 cm³/mol. The number of carbonyl (C=O) groups is 1. The van der Waals surface area contributed by atoms with Gasteiger partial charge in [0.1, 0.15) is 24.0 Å². The van der Waals surface area contributed by atoms with Crippen LogP contribution < -0.4 is 10.2 Å². The molecule has 5 nitrogen and oxygen atoms in total. The first-order chi connectivity index (χ1) is 12.0. The van der Waals surface area contributed by atoms with Crippen LogP contribution in [0.3, 0.4) is 0 Å². The number of hydrogen-bond donors (Lipinski definition) is 1. The minimum absolute atomic E-state index is 0.0452. The Bertz CT molecular complexity index is 894. The van der Waals surface area contributed by atoms with Crippen molar-refractivity contribution >= 4 is 27.9 Å². The third-order valence-electron chi connectivity index (χ3n) is 3.43. The molecule has 0 aliphatic rings. The van der Waals surface area contributed by atoms with E-state index in [2.05, 4.69) is 27.3 Å². The zero-order valence-corrected chi connectivity index (χ0v) is 15.4. The molecule has 0 aliphatic carbocycles. The quantitative estimate of drug-likeness (QED) is 0.476. The van der Waals surface area contributed by atoms with E-state index in [0.29, 0.717) is 11.3 Å². The van der Waals surface area contributed by atoms with Crippen LogP contribution in [0.2, 0.25) is 0 Å². The third-order valence-corrected chi connectivity index (χ3v) is 3.93. The summed E-state index contributed by atoms with van der Waals surface area (Å²) in [4.78, 5) is 12.5. The minimum Gasteiger partial charge on any atom is -0.480 e. The summed E-state index contributed by atoms with van der Waals surface area (Å²) in [6, 6.07) is 11.0. The first kappa shape index (κ1) is 18.4. The number of nitrogens with one attached hydrogen (secondary N) is 1. The second-order valence-corrected chi connectivity index (χ2v) is 6.15. The van der Waals surface area contributed by atoms with Crippen LogP contribution in [-0.4, -0.2) is 17.2 Å². The number of ether oxygens (including phenoxy) is 1. The molecule has 0 fully saturated rings. The van der Waals surface area contributed by atoms with Gasteiger partial charge in [0.05, 0.1) is 0 Å². The van der Waals surface area contributed by atoms with E-state index in [1.54, 1.807) is 22.9 Å². The maximum Gasteiger partial charge on any atom is 0.280 e. The van der Waals surface area contributed by atoms with Crippen LogP contribution >= 0.6 is 15.9 Å². The maximum atomic E-state index is 12.5. The molecule has 126 valence electrons. The van der Waals surface area contributed by atoms with Gasteiger partial charge in [-0.2, -0.15) is 5.26 Å². The van der Waals surface area contributed by atoms with E-state index in [-0.39, 0.29) is 12.2 Å². The number of nitriles is 1. The first-order valence-corrected chi connectivity index (χ1v) is 8.19. The zero-order valence-electron chi connectivity index (χ0n) is 13.8. The van der Waals surface area contributed by atoms with Crippen LogP contribution in [0.1, 0.15) is 17.0 Å². The lowest BCUT2D eigenvalue weighted by molar-refractivity contribution is -0.113. The molecule has 2 rings (SSSR count). The normalized spacial score (nSPS) is 10.7. The van der Waals surface area contributed by atoms with Crippen molar-refractivity contribution in [3.05, 3.63) is 57.3 Å². The number of carbonyl (C=O) groups excluding carboxylic acids is 1. The van der Waals surface area contributed by atoms with Crippen molar-refractivity contribution in [2.75, 3.05) is 12.0 Å². The standard InChI is InChI=1S/C19H16BrN3O2/c1-4-9-25-18-8-7-17(20)11-15(18)10-16(12-21)19(24)22-23-13(2)5-6-14(23)3/h1,5-8,10-11H,9H2,2-3H3,(H,22,24)/b16-10-. The third kappa shape index (κ3) is 4.53. The summed E-state index contributed by atoms with van der Waals surface area (Å²) < 4.78 is 7.88. The zero-order chi connectivity index (χ0) is 18.4. The molecular weight excluding hydrogens is 382 g/mol. The average Bonchev–Trinajstić information content (AvgIpc) is 2.90. The van der Waals surface area contributed by atoms with Crippen molar-refractivity contribution < 1.29 is 9.53 Å². The molecule has 0 radical (unpaired) electrons. The van der Waals surface area contributed by atoms with Crippen molar-refractivity contribution in [2.45, 2.75) is 13.8 Å². The van der Waals surface area contributed by atoms with Gasteiger partial charge in [-0.25, -0.2) is 0 Å². The Morgan fingerprint density at radius 1 is 1.36 bits per heavy atom. The van der Waals surface area contributed by atoms with E-state index in [4.69, 9.17) is 11.2 Å². The molecule has 0 unspecified atom stereocenters. The molecule has 1 amide bonds. The fourth-order valence-corrected chi connectivity index (χ4v) is 2.57. The van der Waals surface area contributed by atoms with Crippen LogP contribution in [0.25, 0.3) is 6.08 Å². The summed E-state index contributed by atoms with van der Waals surface area (Å²) in [5.74, 6) is 2.38. The van der Waals surface area contributed by atoms with Crippen LogP contribution in [0.5, 0.6) is 5.75 Å². The summed E-state index contributed by atoms with van der Waals surface area (Å²) in [6.45, 7) is 3.82. The Morgan fingerprint density at radius 3 is 2.64 bits per heavy atom. The van der Waals surface area contributed by atoms with Crippen LogP contribution in [-0.2, 0) is 4.79 Å². The molecule has 1 heterocycles. The summed E-state index contributed by atoms with van der Waals surface area (Å²) in [7, 11) is 0. The van der Waals surface area contributed by atoms with Gasteiger partial charge in [-0.15, -0.1) is 6.42 Å². The molecule has 25 heavy (non-hydrogen) atoms. The molecule has 0 spiro atoms. The fraction of sp³-hybridized carbons (Fsp3) is 0.158. The van der Waals surface area contributed by atoms with Crippen LogP contribution in [0.15, 0.2) is 40.4 Å². The lowest BCUT2D eigenvalue weighted by Gasteiger charge is -2.11. The van der Waals surface area contributed by atoms with Crippen molar-refractivity contribution in [2.24, 2.45) is 0 Å². The molecular formula is C19H16BrN3O2. The second kappa shape index (κ2) is 8.23.